The van der Waals surface area contributed by atoms with Crippen LogP contribution in [0.5, 0.6) is 5.75 Å². The molecule has 1 aromatic carbocycles. The van der Waals surface area contributed by atoms with Gasteiger partial charge in [-0.2, -0.15) is 5.26 Å². The lowest BCUT2D eigenvalue weighted by atomic mass is 10.1. The van der Waals surface area contributed by atoms with Crippen molar-refractivity contribution in [3.8, 4) is 11.8 Å². The van der Waals surface area contributed by atoms with E-state index in [9.17, 15) is 10.1 Å². The second-order valence-electron chi connectivity index (χ2n) is 5.12. The molecule has 1 heterocycles. The lowest BCUT2D eigenvalue weighted by Gasteiger charge is -2.26. The molecule has 0 aliphatic carbocycles. The number of ether oxygens (including phenoxy) is 1. The summed E-state index contributed by atoms with van der Waals surface area (Å²) >= 11 is 0. The first-order chi connectivity index (χ1) is 10.7. The van der Waals surface area contributed by atoms with Crippen LogP contribution in [0.1, 0.15) is 26.2 Å². The number of carbonyl (C=O) groups is 1. The predicted octanol–water partition coefficient (Wildman–Crippen LogP) is 2.92. The van der Waals surface area contributed by atoms with Crippen molar-refractivity contribution in [1.29, 1.82) is 5.26 Å². The summed E-state index contributed by atoms with van der Waals surface area (Å²) in [5.74, 6) is 0.600. The smallest absolute Gasteiger partial charge is 0.266 e. The van der Waals surface area contributed by atoms with Gasteiger partial charge in [0.05, 0.1) is 6.61 Å². The van der Waals surface area contributed by atoms with Gasteiger partial charge in [-0.25, -0.2) is 0 Å². The number of nitrogens with one attached hydrogen (secondary N) is 1. The minimum atomic E-state index is -0.194. The van der Waals surface area contributed by atoms with Crippen LogP contribution in [-0.2, 0) is 4.79 Å². The second-order valence-corrected chi connectivity index (χ2v) is 5.12. The van der Waals surface area contributed by atoms with Crippen molar-refractivity contribution in [2.24, 2.45) is 0 Å². The Morgan fingerprint density at radius 1 is 1.32 bits per heavy atom. The SMILES string of the molecule is CCOc1ccc(N/C=C(/C#N)C(=O)N2CCCCC2)cc1. The van der Waals surface area contributed by atoms with Crippen LogP contribution in [0.2, 0.25) is 0 Å². The van der Waals surface area contributed by atoms with Crippen LogP contribution in [0, 0.1) is 11.3 Å². The first kappa shape index (κ1) is 15.9. The standard InChI is InChI=1S/C17H21N3O2/c1-2-22-16-8-6-15(7-9-16)19-13-14(12-18)17(21)20-10-4-3-5-11-20/h6-9,13,19H,2-5,10-11H2,1H3/b14-13-. The molecular weight excluding hydrogens is 278 g/mol. The highest BCUT2D eigenvalue weighted by atomic mass is 16.5. The van der Waals surface area contributed by atoms with Crippen LogP contribution in [0.25, 0.3) is 0 Å². The van der Waals surface area contributed by atoms with Gasteiger partial charge in [0.1, 0.15) is 17.4 Å². The molecule has 1 aliphatic heterocycles. The quantitative estimate of drug-likeness (QED) is 0.670. The number of carbonyl (C=O) groups excluding carboxylic acids is 1. The molecule has 0 aromatic heterocycles. The number of nitriles is 1. The second kappa shape index (κ2) is 8.08. The molecule has 22 heavy (non-hydrogen) atoms. The number of anilines is 1. The number of piperidine rings is 1. The molecule has 0 bridgehead atoms. The van der Waals surface area contributed by atoms with E-state index >= 15 is 0 Å². The highest BCUT2D eigenvalue weighted by molar-refractivity contribution is 5.97. The van der Waals surface area contributed by atoms with Gasteiger partial charge in [-0.15, -0.1) is 0 Å². The lowest BCUT2D eigenvalue weighted by Crippen LogP contribution is -2.36. The molecular formula is C17H21N3O2. The van der Waals surface area contributed by atoms with E-state index in [1.165, 1.54) is 6.20 Å². The third kappa shape index (κ3) is 4.26. The maximum absolute atomic E-state index is 12.3. The summed E-state index contributed by atoms with van der Waals surface area (Å²) in [6.07, 6.45) is 4.65. The van der Waals surface area contributed by atoms with E-state index in [0.29, 0.717) is 6.61 Å². The molecule has 5 heteroatoms. The third-order valence-electron chi connectivity index (χ3n) is 3.54. The highest BCUT2D eigenvalue weighted by Gasteiger charge is 2.20. The average Bonchev–Trinajstić information content (AvgIpc) is 2.58. The van der Waals surface area contributed by atoms with Crippen molar-refractivity contribution < 1.29 is 9.53 Å². The number of amides is 1. The monoisotopic (exact) mass is 299 g/mol. The Balaban J connectivity index is 1.99. The number of hydrogen-bond acceptors (Lipinski definition) is 4. The van der Waals surface area contributed by atoms with Crippen LogP contribution >= 0.6 is 0 Å². The Kier molecular flexibility index (Phi) is 5.84. The Bertz CT molecular complexity index is 567. The van der Waals surface area contributed by atoms with Crippen molar-refractivity contribution in [1.82, 2.24) is 4.90 Å². The summed E-state index contributed by atoms with van der Waals surface area (Å²) in [5.41, 5.74) is 0.943. The minimum absolute atomic E-state index is 0.135. The zero-order valence-corrected chi connectivity index (χ0v) is 12.8. The van der Waals surface area contributed by atoms with Gasteiger partial charge in [0.2, 0.25) is 0 Å². The highest BCUT2D eigenvalue weighted by Crippen LogP contribution is 2.16. The molecule has 2 rings (SSSR count). The molecule has 1 aromatic rings. The van der Waals surface area contributed by atoms with Crippen LogP contribution in [-0.4, -0.2) is 30.5 Å². The number of benzene rings is 1. The van der Waals surface area contributed by atoms with Crippen molar-refractivity contribution >= 4 is 11.6 Å². The van der Waals surface area contributed by atoms with Crippen molar-refractivity contribution in [3.63, 3.8) is 0 Å². The maximum Gasteiger partial charge on any atom is 0.266 e. The largest absolute Gasteiger partial charge is 0.494 e. The molecule has 0 atom stereocenters. The molecule has 0 unspecified atom stereocenters. The third-order valence-corrected chi connectivity index (χ3v) is 3.54. The molecule has 116 valence electrons. The van der Waals surface area contributed by atoms with Gasteiger partial charge in [0.25, 0.3) is 5.91 Å². The van der Waals surface area contributed by atoms with E-state index in [-0.39, 0.29) is 11.5 Å². The van der Waals surface area contributed by atoms with E-state index in [1.807, 2.05) is 37.3 Å². The average molecular weight is 299 g/mol. The first-order valence-corrected chi connectivity index (χ1v) is 7.63. The van der Waals surface area contributed by atoms with Gasteiger partial charge >= 0.3 is 0 Å². The normalized spacial score (nSPS) is 15.1. The lowest BCUT2D eigenvalue weighted by molar-refractivity contribution is -0.127. The fourth-order valence-electron chi connectivity index (χ4n) is 2.38. The molecule has 5 nitrogen and oxygen atoms in total. The minimum Gasteiger partial charge on any atom is -0.494 e. The molecule has 1 aliphatic rings. The Morgan fingerprint density at radius 3 is 2.59 bits per heavy atom. The Labute approximate surface area is 131 Å². The van der Waals surface area contributed by atoms with Gasteiger partial charge in [-0.05, 0) is 50.5 Å². The zero-order valence-electron chi connectivity index (χ0n) is 12.8. The summed E-state index contributed by atoms with van der Waals surface area (Å²) in [4.78, 5) is 14.0. The number of rotatable bonds is 5. The summed E-state index contributed by atoms with van der Waals surface area (Å²) in [6.45, 7) is 4.03. The summed E-state index contributed by atoms with van der Waals surface area (Å²) in [5, 5.41) is 12.2. The number of nitrogens with zero attached hydrogens (tertiary/aromatic N) is 2. The van der Waals surface area contributed by atoms with Crippen molar-refractivity contribution in [2.75, 3.05) is 25.0 Å². The number of likely N-dealkylation sites (tertiary alicyclic amines) is 1. The van der Waals surface area contributed by atoms with E-state index in [4.69, 9.17) is 4.74 Å². The molecule has 1 fully saturated rings. The van der Waals surface area contributed by atoms with Crippen molar-refractivity contribution in [2.45, 2.75) is 26.2 Å². The molecule has 1 amide bonds. The van der Waals surface area contributed by atoms with Gasteiger partial charge in [0, 0.05) is 25.0 Å². The number of hydrogen-bond donors (Lipinski definition) is 1. The Morgan fingerprint density at radius 2 is 2.00 bits per heavy atom. The molecule has 1 N–H and O–H groups in total. The van der Waals surface area contributed by atoms with Crippen LogP contribution in [0.3, 0.4) is 0 Å². The summed E-state index contributed by atoms with van der Waals surface area (Å²) < 4.78 is 5.37. The van der Waals surface area contributed by atoms with Gasteiger partial charge < -0.3 is 15.0 Å². The van der Waals surface area contributed by atoms with Gasteiger partial charge in [0.15, 0.2) is 0 Å². The summed E-state index contributed by atoms with van der Waals surface area (Å²) in [6, 6.07) is 9.37. The fourth-order valence-corrected chi connectivity index (χ4v) is 2.38. The van der Waals surface area contributed by atoms with E-state index < -0.39 is 0 Å². The zero-order chi connectivity index (χ0) is 15.8. The first-order valence-electron chi connectivity index (χ1n) is 7.63. The van der Waals surface area contributed by atoms with Crippen LogP contribution in [0.4, 0.5) is 5.69 Å². The molecule has 0 saturated carbocycles. The Hall–Kier alpha value is -2.48. The van der Waals surface area contributed by atoms with Crippen LogP contribution < -0.4 is 10.1 Å². The van der Waals surface area contributed by atoms with Crippen LogP contribution in [0.15, 0.2) is 36.0 Å². The maximum atomic E-state index is 12.3. The fraction of sp³-hybridized carbons (Fsp3) is 0.412. The van der Waals surface area contributed by atoms with E-state index in [2.05, 4.69) is 5.32 Å². The summed E-state index contributed by atoms with van der Waals surface area (Å²) in [7, 11) is 0. The van der Waals surface area contributed by atoms with E-state index in [0.717, 1.165) is 43.8 Å². The molecule has 1 saturated heterocycles. The molecule has 0 spiro atoms. The topological polar surface area (TPSA) is 65.4 Å². The molecule has 0 radical (unpaired) electrons. The van der Waals surface area contributed by atoms with Gasteiger partial charge in [-0.1, -0.05) is 0 Å². The van der Waals surface area contributed by atoms with E-state index in [1.54, 1.807) is 4.90 Å². The predicted molar refractivity (Wildman–Crippen MR) is 85.4 cm³/mol. The van der Waals surface area contributed by atoms with Crippen molar-refractivity contribution in [3.05, 3.63) is 36.0 Å². The van der Waals surface area contributed by atoms with Gasteiger partial charge in [-0.3, -0.25) is 4.79 Å².